The van der Waals surface area contributed by atoms with E-state index in [1.54, 1.807) is 9.80 Å². The van der Waals surface area contributed by atoms with Crippen LogP contribution in [0.5, 0.6) is 0 Å². The molecule has 182 valence electrons. The van der Waals surface area contributed by atoms with E-state index in [1.165, 1.54) is 14.2 Å². The van der Waals surface area contributed by atoms with Gasteiger partial charge in [-0.25, -0.2) is 14.8 Å². The van der Waals surface area contributed by atoms with Gasteiger partial charge in [-0.2, -0.15) is 0 Å². The van der Waals surface area contributed by atoms with Crippen LogP contribution < -0.4 is 0 Å². The molecule has 34 heavy (non-hydrogen) atoms. The third-order valence-corrected chi connectivity index (χ3v) is 5.92. The Hall–Kier alpha value is -3.04. The summed E-state index contributed by atoms with van der Waals surface area (Å²) >= 11 is 5.72. The lowest BCUT2D eigenvalue weighted by molar-refractivity contribution is -0.135. The molecule has 2 heterocycles. The number of benzene rings is 1. The number of piperazine rings is 1. The number of rotatable bonds is 8. The maximum atomic E-state index is 13.6. The van der Waals surface area contributed by atoms with Crippen molar-refractivity contribution in [2.45, 2.75) is 32.4 Å². The van der Waals surface area contributed by atoms with E-state index < -0.39 is 11.9 Å². The number of hydrogen-bond acceptors (Lipinski definition) is 7. The normalized spacial score (nSPS) is 15.8. The lowest BCUT2D eigenvalue weighted by Crippen LogP contribution is -2.55. The van der Waals surface area contributed by atoms with E-state index in [0.29, 0.717) is 49.7 Å². The molecule has 1 saturated heterocycles. The van der Waals surface area contributed by atoms with Crippen LogP contribution in [0.2, 0.25) is 0 Å². The van der Waals surface area contributed by atoms with Gasteiger partial charge in [0.2, 0.25) is 5.91 Å². The highest BCUT2D eigenvalue weighted by atomic mass is 35.5. The van der Waals surface area contributed by atoms with Crippen LogP contribution in [0.1, 0.15) is 46.3 Å². The number of hydrogen-bond donors (Lipinski definition) is 0. The molecule has 0 bridgehead atoms. The Bertz CT molecular complexity index is 1030. The van der Waals surface area contributed by atoms with Gasteiger partial charge < -0.3 is 19.3 Å². The third-order valence-electron chi connectivity index (χ3n) is 5.65. The Balaban J connectivity index is 1.97. The van der Waals surface area contributed by atoms with Crippen molar-refractivity contribution in [1.82, 2.24) is 19.8 Å². The van der Waals surface area contributed by atoms with Gasteiger partial charge in [0.05, 0.1) is 19.4 Å². The first-order chi connectivity index (χ1) is 16.4. The van der Waals surface area contributed by atoms with Crippen LogP contribution in [0.4, 0.5) is 0 Å². The summed E-state index contributed by atoms with van der Waals surface area (Å²) in [5.41, 5.74) is 0.923. The Kier molecular flexibility index (Phi) is 8.95. The second-order valence-corrected chi connectivity index (χ2v) is 8.37. The largest absolute Gasteiger partial charge is 0.465 e. The summed E-state index contributed by atoms with van der Waals surface area (Å²) in [6.45, 7) is 2.93. The molecule has 1 aromatic carbocycles. The summed E-state index contributed by atoms with van der Waals surface area (Å²) in [6, 6.07) is 9.01. The molecule has 1 aliphatic rings. The van der Waals surface area contributed by atoms with Gasteiger partial charge in [0.25, 0.3) is 5.91 Å². The Morgan fingerprint density at radius 2 is 1.85 bits per heavy atom. The minimum Gasteiger partial charge on any atom is -0.465 e. The third kappa shape index (κ3) is 5.71. The van der Waals surface area contributed by atoms with Gasteiger partial charge in [0.1, 0.15) is 11.3 Å². The van der Waals surface area contributed by atoms with Crippen LogP contribution in [0.3, 0.4) is 0 Å². The fraction of sp³-hybridized carbons (Fsp3) is 0.458. The number of carbonyl (C=O) groups is 3. The number of amides is 2. The molecule has 2 amide bonds. The quantitative estimate of drug-likeness (QED) is 0.416. The van der Waals surface area contributed by atoms with Crippen molar-refractivity contribution in [2.75, 3.05) is 39.7 Å². The smallest absolute Gasteiger partial charge is 0.342 e. The number of nitrogens with zero attached hydrogens (tertiary/aromatic N) is 4. The summed E-state index contributed by atoms with van der Waals surface area (Å²) < 4.78 is 10.2. The molecular weight excluding hydrogens is 460 g/mol. The minimum atomic E-state index is -0.710. The predicted molar refractivity (Wildman–Crippen MR) is 127 cm³/mol. The van der Waals surface area contributed by atoms with Crippen LogP contribution in [0.25, 0.3) is 11.4 Å². The van der Waals surface area contributed by atoms with Crippen LogP contribution >= 0.6 is 11.6 Å². The highest BCUT2D eigenvalue weighted by molar-refractivity contribution is 6.17. The monoisotopic (exact) mass is 488 g/mol. The topological polar surface area (TPSA) is 102 Å². The first-order valence-corrected chi connectivity index (χ1v) is 11.6. The van der Waals surface area contributed by atoms with Crippen LogP contribution in [-0.4, -0.2) is 83.3 Å². The lowest BCUT2D eigenvalue weighted by Gasteiger charge is -2.40. The van der Waals surface area contributed by atoms with Crippen molar-refractivity contribution in [3.05, 3.63) is 47.3 Å². The molecule has 0 N–H and O–H groups in total. The number of carbonyl (C=O) groups excluding carboxylic acids is 3. The molecule has 3 rings (SSSR count). The number of halogens is 1. The molecular formula is C24H29ClN4O5. The van der Waals surface area contributed by atoms with Crippen molar-refractivity contribution in [2.24, 2.45) is 0 Å². The molecule has 0 radical (unpaired) electrons. The maximum Gasteiger partial charge on any atom is 0.342 e. The van der Waals surface area contributed by atoms with E-state index in [0.717, 1.165) is 0 Å². The van der Waals surface area contributed by atoms with E-state index in [9.17, 15) is 14.4 Å². The van der Waals surface area contributed by atoms with Crippen molar-refractivity contribution in [3.63, 3.8) is 0 Å². The Morgan fingerprint density at radius 3 is 2.47 bits per heavy atom. The summed E-state index contributed by atoms with van der Waals surface area (Å²) in [7, 11) is 2.72. The van der Waals surface area contributed by atoms with Crippen molar-refractivity contribution >= 4 is 29.4 Å². The minimum absolute atomic E-state index is 0.00627. The van der Waals surface area contributed by atoms with Gasteiger partial charge in [-0.1, -0.05) is 30.3 Å². The van der Waals surface area contributed by atoms with E-state index in [-0.39, 0.29) is 35.5 Å². The molecule has 1 atom stereocenters. The number of ether oxygens (including phenoxy) is 2. The Morgan fingerprint density at radius 1 is 1.12 bits per heavy atom. The van der Waals surface area contributed by atoms with Crippen LogP contribution in [-0.2, 0) is 20.9 Å². The lowest BCUT2D eigenvalue weighted by atomic mass is 10.1. The Labute approximate surface area is 204 Å². The molecule has 10 heteroatoms. The number of aromatic nitrogens is 2. The van der Waals surface area contributed by atoms with Gasteiger partial charge in [0, 0.05) is 50.7 Å². The number of alkyl halides is 1. The zero-order chi connectivity index (χ0) is 24.7. The van der Waals surface area contributed by atoms with Gasteiger partial charge in [-0.05, 0) is 13.3 Å². The van der Waals surface area contributed by atoms with Crippen LogP contribution in [0, 0.1) is 0 Å². The van der Waals surface area contributed by atoms with Crippen molar-refractivity contribution in [3.8, 4) is 11.4 Å². The average Bonchev–Trinajstić information content (AvgIpc) is 2.86. The molecule has 0 saturated carbocycles. The summed E-state index contributed by atoms with van der Waals surface area (Å²) in [6.07, 6.45) is 0.987. The first kappa shape index (κ1) is 25.6. The van der Waals surface area contributed by atoms with Crippen molar-refractivity contribution in [1.29, 1.82) is 0 Å². The van der Waals surface area contributed by atoms with E-state index in [2.05, 4.69) is 9.97 Å². The molecule has 2 aromatic rings. The number of methoxy groups -OCH3 is 2. The summed E-state index contributed by atoms with van der Waals surface area (Å²) in [5.74, 6) is -0.372. The van der Waals surface area contributed by atoms with E-state index in [1.807, 2.05) is 37.3 Å². The highest BCUT2D eigenvalue weighted by Gasteiger charge is 2.34. The first-order valence-electron chi connectivity index (χ1n) is 11.1. The molecule has 0 spiro atoms. The predicted octanol–water partition coefficient (Wildman–Crippen LogP) is 2.77. The van der Waals surface area contributed by atoms with Gasteiger partial charge in [-0.3, -0.25) is 9.59 Å². The fourth-order valence-electron chi connectivity index (χ4n) is 3.96. The summed E-state index contributed by atoms with van der Waals surface area (Å²) in [4.78, 5) is 51.2. The zero-order valence-corrected chi connectivity index (χ0v) is 20.4. The second kappa shape index (κ2) is 11.9. The fourth-order valence-corrected chi connectivity index (χ4v) is 4.09. The summed E-state index contributed by atoms with van der Waals surface area (Å²) in [5, 5.41) is 0. The van der Waals surface area contributed by atoms with Crippen molar-refractivity contribution < 1.29 is 23.9 Å². The molecule has 9 nitrogen and oxygen atoms in total. The SMILES string of the molecule is COCc1nc(-c2ccccc2)nc(C(=O)N2CCN(C(=O)CCCCl)C(C)C2)c1C(=O)OC. The van der Waals surface area contributed by atoms with E-state index in [4.69, 9.17) is 21.1 Å². The second-order valence-electron chi connectivity index (χ2n) is 7.99. The molecule has 1 unspecified atom stereocenters. The molecule has 1 aliphatic heterocycles. The zero-order valence-electron chi connectivity index (χ0n) is 19.6. The molecule has 1 aromatic heterocycles. The van der Waals surface area contributed by atoms with E-state index >= 15 is 0 Å². The average molecular weight is 489 g/mol. The maximum absolute atomic E-state index is 13.6. The number of esters is 1. The highest BCUT2D eigenvalue weighted by Crippen LogP contribution is 2.23. The van der Waals surface area contributed by atoms with Gasteiger partial charge in [0.15, 0.2) is 5.82 Å². The van der Waals surface area contributed by atoms with Gasteiger partial charge in [-0.15, -0.1) is 11.6 Å². The van der Waals surface area contributed by atoms with Gasteiger partial charge >= 0.3 is 5.97 Å². The molecule has 1 fully saturated rings. The molecule has 0 aliphatic carbocycles. The van der Waals surface area contributed by atoms with Crippen LogP contribution in [0.15, 0.2) is 30.3 Å². The standard InChI is InChI=1S/C24H29ClN4O5/c1-16-14-28(12-13-29(16)19(30)10-7-11-25)23(31)21-20(24(32)34-3)18(15-33-2)26-22(27-21)17-8-5-4-6-9-17/h4-6,8-9,16H,7,10-15H2,1-3H3.